The Morgan fingerprint density at radius 1 is 1.16 bits per heavy atom. The van der Waals surface area contributed by atoms with Gasteiger partial charge in [0.1, 0.15) is 28.7 Å². The van der Waals surface area contributed by atoms with Crippen LogP contribution in [0.2, 0.25) is 0 Å². The van der Waals surface area contributed by atoms with Crippen LogP contribution in [0.3, 0.4) is 0 Å². The van der Waals surface area contributed by atoms with E-state index in [0.717, 1.165) is 34.5 Å². The van der Waals surface area contributed by atoms with Gasteiger partial charge in [-0.3, -0.25) is 0 Å². The van der Waals surface area contributed by atoms with Gasteiger partial charge < -0.3 is 19.7 Å². The summed E-state index contributed by atoms with van der Waals surface area (Å²) in [5.41, 5.74) is 2.25. The number of anilines is 3. The second kappa shape index (κ2) is 12.2. The zero-order chi connectivity index (χ0) is 32.7. The van der Waals surface area contributed by atoms with Gasteiger partial charge >= 0.3 is 12.2 Å². The Kier molecular flexibility index (Phi) is 8.68. The number of hydrogen-bond acceptors (Lipinski definition) is 9. The van der Waals surface area contributed by atoms with Crippen LogP contribution in [0, 0.1) is 18.3 Å². The number of likely N-dealkylation sites (tertiary alicyclic amines) is 1. The minimum Gasteiger partial charge on any atom is -0.444 e. The second-order valence-corrected chi connectivity index (χ2v) is 14.4. The van der Waals surface area contributed by atoms with Crippen molar-refractivity contribution in [3.05, 3.63) is 46.6 Å². The molecule has 1 aliphatic rings. The summed E-state index contributed by atoms with van der Waals surface area (Å²) in [5, 5.41) is 19.5. The van der Waals surface area contributed by atoms with Crippen molar-refractivity contribution in [1.82, 2.24) is 19.5 Å². The third-order valence-corrected chi connectivity index (χ3v) is 8.52. The van der Waals surface area contributed by atoms with Crippen molar-refractivity contribution >= 4 is 56.4 Å². The van der Waals surface area contributed by atoms with Crippen LogP contribution >= 0.6 is 11.3 Å². The number of amides is 2. The molecule has 0 saturated carbocycles. The van der Waals surface area contributed by atoms with Gasteiger partial charge in [-0.25, -0.2) is 24.0 Å². The number of pyridine rings is 1. The fourth-order valence-electron chi connectivity index (χ4n) is 5.47. The second-order valence-electron chi connectivity index (χ2n) is 13.3. The van der Waals surface area contributed by atoms with E-state index in [0.29, 0.717) is 46.9 Å². The van der Waals surface area contributed by atoms with E-state index < -0.39 is 17.3 Å². The van der Waals surface area contributed by atoms with Gasteiger partial charge in [0.05, 0.1) is 38.3 Å². The molecule has 2 amide bonds. The van der Waals surface area contributed by atoms with E-state index in [1.54, 1.807) is 33.0 Å². The Morgan fingerprint density at radius 3 is 2.56 bits per heavy atom. The summed E-state index contributed by atoms with van der Waals surface area (Å²) >= 11 is 1.59. The Morgan fingerprint density at radius 2 is 1.89 bits per heavy atom. The number of ether oxygens (including phenoxy) is 2. The number of piperidine rings is 1. The van der Waals surface area contributed by atoms with Gasteiger partial charge in [0.25, 0.3) is 0 Å². The van der Waals surface area contributed by atoms with Crippen LogP contribution in [0.4, 0.5) is 26.8 Å². The van der Waals surface area contributed by atoms with Crippen molar-refractivity contribution in [2.75, 3.05) is 23.3 Å². The van der Waals surface area contributed by atoms with Gasteiger partial charge in [0.15, 0.2) is 0 Å². The summed E-state index contributed by atoms with van der Waals surface area (Å²) in [4.78, 5) is 34.9. The lowest BCUT2D eigenvalue weighted by Crippen LogP contribution is -2.47. The van der Waals surface area contributed by atoms with Gasteiger partial charge in [0, 0.05) is 24.7 Å². The summed E-state index contributed by atoms with van der Waals surface area (Å²) in [6.07, 6.45) is 3.06. The molecule has 1 atom stereocenters. The Bertz CT molecular complexity index is 1790. The molecule has 4 heterocycles. The summed E-state index contributed by atoms with van der Waals surface area (Å²) in [6, 6.07) is 9.67. The number of thiazole rings is 1. The van der Waals surface area contributed by atoms with Crippen molar-refractivity contribution in [2.45, 2.75) is 91.9 Å². The molecule has 1 aliphatic heterocycles. The molecule has 12 heteroatoms. The molecule has 1 N–H and O–H groups in total. The molecule has 238 valence electrons. The number of rotatable bonds is 5. The molecule has 4 aromatic rings. The first-order valence-corrected chi connectivity index (χ1v) is 16.1. The lowest BCUT2D eigenvalue weighted by Gasteiger charge is -2.35. The number of carbonyl (C=O) groups is 2. The first kappa shape index (κ1) is 32.0. The predicted octanol–water partition coefficient (Wildman–Crippen LogP) is 7.57. The zero-order valence-corrected chi connectivity index (χ0v) is 28.0. The highest BCUT2D eigenvalue weighted by molar-refractivity contribution is 7.18. The molecule has 1 fully saturated rings. The molecule has 0 spiro atoms. The normalized spacial score (nSPS) is 15.6. The summed E-state index contributed by atoms with van der Waals surface area (Å²) in [7, 11) is 0. The van der Waals surface area contributed by atoms with E-state index in [4.69, 9.17) is 14.5 Å². The molecule has 3 aromatic heterocycles. The fourth-order valence-corrected chi connectivity index (χ4v) is 6.41. The van der Waals surface area contributed by atoms with Crippen LogP contribution < -0.4 is 10.2 Å². The van der Waals surface area contributed by atoms with E-state index >= 15 is 0 Å². The SMILES string of the molecule is CCc1nc2ccc(N(C(=O)OC(C)(C)C)c3c(C)c(N[C@H]4CCCN(C(=O)OC(C)(C)C)C4)c(C#N)c4ccnn34)cc2s1. The highest BCUT2D eigenvalue weighted by atomic mass is 32.1. The number of benzene rings is 1. The number of nitrogens with one attached hydrogen (secondary N) is 1. The van der Waals surface area contributed by atoms with Crippen molar-refractivity contribution in [2.24, 2.45) is 0 Å². The molecular formula is C33H41N7O4S. The zero-order valence-electron chi connectivity index (χ0n) is 27.2. The maximum Gasteiger partial charge on any atom is 0.420 e. The van der Waals surface area contributed by atoms with Crippen LogP contribution in [-0.2, 0) is 15.9 Å². The first-order valence-electron chi connectivity index (χ1n) is 15.3. The number of nitriles is 1. The Labute approximate surface area is 267 Å². The van der Waals surface area contributed by atoms with Crippen molar-refractivity contribution < 1.29 is 19.1 Å². The maximum absolute atomic E-state index is 14.1. The minimum absolute atomic E-state index is 0.147. The molecule has 1 aromatic carbocycles. The number of carbonyl (C=O) groups excluding carboxylic acids is 2. The van der Waals surface area contributed by atoms with Crippen LogP contribution in [0.15, 0.2) is 30.5 Å². The maximum atomic E-state index is 14.1. The molecule has 5 rings (SSSR count). The molecule has 45 heavy (non-hydrogen) atoms. The average Bonchev–Trinajstić information content (AvgIpc) is 3.60. The largest absolute Gasteiger partial charge is 0.444 e. The quantitative estimate of drug-likeness (QED) is 0.239. The van der Waals surface area contributed by atoms with E-state index in [1.165, 1.54) is 4.90 Å². The topological polar surface area (TPSA) is 125 Å². The number of fused-ring (bicyclic) bond motifs is 2. The van der Waals surface area contributed by atoms with Gasteiger partial charge in [0.2, 0.25) is 0 Å². The molecule has 11 nitrogen and oxygen atoms in total. The first-order chi connectivity index (χ1) is 21.2. The van der Waals surface area contributed by atoms with Gasteiger partial charge in [-0.05, 0) is 92.0 Å². The molecule has 0 unspecified atom stereocenters. The molecule has 0 radical (unpaired) electrons. The molecule has 0 bridgehead atoms. The van der Waals surface area contributed by atoms with E-state index in [2.05, 4.69) is 23.4 Å². The molecular weight excluding hydrogens is 590 g/mol. The van der Waals surface area contributed by atoms with E-state index in [9.17, 15) is 14.9 Å². The molecule has 1 saturated heterocycles. The van der Waals surface area contributed by atoms with Crippen LogP contribution in [0.25, 0.3) is 15.7 Å². The summed E-state index contributed by atoms with van der Waals surface area (Å²) in [5.74, 6) is 0.449. The minimum atomic E-state index is -0.767. The van der Waals surface area contributed by atoms with Crippen molar-refractivity contribution in [3.63, 3.8) is 0 Å². The predicted molar refractivity (Wildman–Crippen MR) is 176 cm³/mol. The van der Waals surface area contributed by atoms with Gasteiger partial charge in [-0.2, -0.15) is 10.4 Å². The highest BCUT2D eigenvalue weighted by Gasteiger charge is 2.33. The number of aromatic nitrogens is 3. The Hall–Kier alpha value is -4.37. The van der Waals surface area contributed by atoms with E-state index in [-0.39, 0.29) is 12.1 Å². The number of hydrogen-bond donors (Lipinski definition) is 1. The van der Waals surface area contributed by atoms with Crippen LogP contribution in [0.1, 0.15) is 77.4 Å². The average molecular weight is 632 g/mol. The monoisotopic (exact) mass is 631 g/mol. The lowest BCUT2D eigenvalue weighted by atomic mass is 10.0. The Balaban J connectivity index is 1.63. The summed E-state index contributed by atoms with van der Waals surface area (Å²) in [6.45, 7) is 16.0. The third-order valence-electron chi connectivity index (χ3n) is 7.36. The fraction of sp³-hybridized carbons (Fsp3) is 0.485. The van der Waals surface area contributed by atoms with Crippen molar-refractivity contribution in [1.29, 1.82) is 5.26 Å². The number of nitrogens with zero attached hydrogens (tertiary/aromatic N) is 6. The van der Waals surface area contributed by atoms with Crippen molar-refractivity contribution in [3.8, 4) is 6.07 Å². The third kappa shape index (κ3) is 6.83. The van der Waals surface area contributed by atoms with Gasteiger partial charge in [-0.15, -0.1) is 11.3 Å². The standard InChI is InChI=1S/C33H41N7O4S/c1-9-27-37-24-13-12-22(17-26(24)45-27)39(31(42)44-33(6,7)8)29-20(2)28(23(18-34)25-14-15-35-40(25)29)36-21-11-10-16-38(19-21)30(41)43-32(3,4)5/h12-15,17,21,36H,9-11,16,19H2,1-8H3/t21-/m0/s1. The van der Waals surface area contributed by atoms with Gasteiger partial charge in [-0.1, -0.05) is 6.92 Å². The smallest absolute Gasteiger partial charge is 0.420 e. The van der Waals surface area contributed by atoms with Crippen LogP contribution in [0.5, 0.6) is 0 Å². The highest BCUT2D eigenvalue weighted by Crippen LogP contribution is 2.39. The molecule has 0 aliphatic carbocycles. The summed E-state index contributed by atoms with van der Waals surface area (Å²) < 4.78 is 14.1. The van der Waals surface area contributed by atoms with E-state index in [1.807, 2.05) is 66.7 Å². The lowest BCUT2D eigenvalue weighted by molar-refractivity contribution is 0.0206. The van der Waals surface area contributed by atoms with Crippen LogP contribution in [-0.4, -0.2) is 62.0 Å². The number of aryl methyl sites for hydroxylation is 1.